The molecule has 1 heteroatoms. The number of rotatable bonds is 6. The standard InChI is InChI=1S/C26H34Si/c1-6-7-12-21-17-19-23(20-18-21)27(5,22-13-9-8-10-14-22)25-16-11-15-24(25)26(2,3)4/h8-11,13-15,17-20H,6-7,12,16H2,1-5H3. The van der Waals surface area contributed by atoms with Gasteiger partial charge in [0, 0.05) is 0 Å². The maximum Gasteiger partial charge on any atom is 0.141 e. The first-order chi connectivity index (χ1) is 12.9. The fraction of sp³-hybridized carbons (Fsp3) is 0.385. The third kappa shape index (κ3) is 4.04. The first kappa shape index (κ1) is 19.9. The molecular formula is C26H34Si. The van der Waals surface area contributed by atoms with Crippen molar-refractivity contribution in [1.82, 2.24) is 0 Å². The molecule has 142 valence electrons. The van der Waals surface area contributed by atoms with Gasteiger partial charge >= 0.3 is 0 Å². The molecule has 0 saturated heterocycles. The Kier molecular flexibility index (Phi) is 5.91. The van der Waals surface area contributed by atoms with E-state index in [1.165, 1.54) is 35.2 Å². The lowest BCUT2D eigenvalue weighted by molar-refractivity contribution is 0.516. The maximum absolute atomic E-state index is 2.55. The Bertz CT molecular complexity index is 819. The quantitative estimate of drug-likeness (QED) is 0.539. The number of allylic oxidation sites excluding steroid dienone is 4. The maximum atomic E-state index is 2.55. The van der Waals surface area contributed by atoms with Gasteiger partial charge < -0.3 is 0 Å². The second-order valence-corrected chi connectivity index (χ2v) is 13.0. The second-order valence-electron chi connectivity index (χ2n) is 9.04. The van der Waals surface area contributed by atoms with Crippen LogP contribution in [0, 0.1) is 5.41 Å². The Labute approximate surface area is 167 Å². The van der Waals surface area contributed by atoms with Crippen molar-refractivity contribution in [3.63, 3.8) is 0 Å². The summed E-state index contributed by atoms with van der Waals surface area (Å²) in [5.74, 6) is 0. The van der Waals surface area contributed by atoms with Crippen LogP contribution in [-0.4, -0.2) is 8.07 Å². The van der Waals surface area contributed by atoms with E-state index in [2.05, 4.69) is 101 Å². The first-order valence-corrected chi connectivity index (χ1v) is 12.9. The Hall–Kier alpha value is -1.86. The number of aryl methyl sites for hydroxylation is 1. The third-order valence-corrected chi connectivity index (χ3v) is 10.7. The summed E-state index contributed by atoms with van der Waals surface area (Å²) in [5, 5.41) is 4.74. The predicted molar refractivity (Wildman–Crippen MR) is 123 cm³/mol. The molecule has 1 unspecified atom stereocenters. The van der Waals surface area contributed by atoms with Crippen LogP contribution in [0.3, 0.4) is 0 Å². The average molecular weight is 375 g/mol. The molecule has 0 N–H and O–H groups in total. The van der Waals surface area contributed by atoms with E-state index in [4.69, 9.17) is 0 Å². The average Bonchev–Trinajstić information content (AvgIpc) is 3.18. The van der Waals surface area contributed by atoms with Crippen molar-refractivity contribution in [3.05, 3.63) is 83.1 Å². The van der Waals surface area contributed by atoms with E-state index in [1.54, 1.807) is 10.8 Å². The summed E-state index contributed by atoms with van der Waals surface area (Å²) in [6.45, 7) is 11.9. The van der Waals surface area contributed by atoms with Crippen molar-refractivity contribution in [1.29, 1.82) is 0 Å². The molecule has 27 heavy (non-hydrogen) atoms. The van der Waals surface area contributed by atoms with Gasteiger partial charge in [-0.25, -0.2) is 0 Å². The monoisotopic (exact) mass is 374 g/mol. The molecule has 0 aliphatic heterocycles. The molecule has 1 atom stereocenters. The normalized spacial score (nSPS) is 16.6. The highest BCUT2D eigenvalue weighted by atomic mass is 28.3. The molecule has 1 aliphatic carbocycles. The molecule has 1 aliphatic rings. The highest BCUT2D eigenvalue weighted by Crippen LogP contribution is 2.38. The smallest absolute Gasteiger partial charge is 0.0805 e. The topological polar surface area (TPSA) is 0 Å². The summed E-state index contributed by atoms with van der Waals surface area (Å²) in [7, 11) is -1.98. The van der Waals surface area contributed by atoms with Crippen LogP contribution in [0.5, 0.6) is 0 Å². The summed E-state index contributed by atoms with van der Waals surface area (Å²) >= 11 is 0. The van der Waals surface area contributed by atoms with Crippen molar-refractivity contribution < 1.29 is 0 Å². The third-order valence-electron chi connectivity index (χ3n) is 6.04. The summed E-state index contributed by atoms with van der Waals surface area (Å²) in [6, 6.07) is 20.8. The van der Waals surface area contributed by atoms with Gasteiger partial charge in [-0.1, -0.05) is 113 Å². The Morgan fingerprint density at radius 1 is 0.889 bits per heavy atom. The van der Waals surface area contributed by atoms with Crippen LogP contribution in [0.15, 0.2) is 77.5 Å². The van der Waals surface area contributed by atoms with Gasteiger partial charge in [-0.3, -0.25) is 0 Å². The van der Waals surface area contributed by atoms with Gasteiger partial charge in [0.2, 0.25) is 0 Å². The minimum absolute atomic E-state index is 0.187. The summed E-state index contributed by atoms with van der Waals surface area (Å²) in [6.07, 6.45) is 9.58. The highest BCUT2D eigenvalue weighted by Gasteiger charge is 2.39. The van der Waals surface area contributed by atoms with E-state index in [9.17, 15) is 0 Å². The van der Waals surface area contributed by atoms with Crippen LogP contribution >= 0.6 is 0 Å². The Balaban J connectivity index is 2.13. The van der Waals surface area contributed by atoms with Crippen LogP contribution in [-0.2, 0) is 6.42 Å². The van der Waals surface area contributed by atoms with Crippen molar-refractivity contribution in [2.45, 2.75) is 59.9 Å². The summed E-state index contributed by atoms with van der Waals surface area (Å²) < 4.78 is 0. The molecule has 2 aromatic rings. The molecule has 0 fully saturated rings. The minimum Gasteiger partial charge on any atom is -0.0805 e. The number of hydrogen-bond acceptors (Lipinski definition) is 0. The summed E-state index contributed by atoms with van der Waals surface area (Å²) in [4.78, 5) is 0. The van der Waals surface area contributed by atoms with E-state index in [-0.39, 0.29) is 5.41 Å². The van der Waals surface area contributed by atoms with Gasteiger partial charge in [0.25, 0.3) is 0 Å². The molecule has 0 amide bonds. The Morgan fingerprint density at radius 3 is 2.11 bits per heavy atom. The number of benzene rings is 2. The fourth-order valence-corrected chi connectivity index (χ4v) is 8.60. The zero-order chi connectivity index (χ0) is 19.5. The fourth-order valence-electron chi connectivity index (χ4n) is 4.35. The van der Waals surface area contributed by atoms with Crippen molar-refractivity contribution in [2.24, 2.45) is 5.41 Å². The van der Waals surface area contributed by atoms with E-state index >= 15 is 0 Å². The lowest BCUT2D eigenvalue weighted by Gasteiger charge is -2.35. The van der Waals surface area contributed by atoms with Crippen LogP contribution in [0.25, 0.3) is 0 Å². The summed E-state index contributed by atoms with van der Waals surface area (Å²) in [5.41, 5.74) is 3.21. The highest BCUT2D eigenvalue weighted by molar-refractivity contribution is 7.06. The Morgan fingerprint density at radius 2 is 1.52 bits per heavy atom. The second kappa shape index (κ2) is 8.02. The molecule has 0 heterocycles. The van der Waals surface area contributed by atoms with Crippen molar-refractivity contribution in [2.75, 3.05) is 0 Å². The van der Waals surface area contributed by atoms with E-state index in [0.717, 1.165) is 6.42 Å². The molecule has 0 saturated carbocycles. The number of unbranched alkanes of at least 4 members (excludes halogenated alkanes) is 1. The molecule has 0 bridgehead atoms. The molecule has 2 aromatic carbocycles. The number of hydrogen-bond donors (Lipinski definition) is 0. The van der Waals surface area contributed by atoms with E-state index in [1.807, 2.05) is 0 Å². The molecule has 0 aromatic heterocycles. The lowest BCUT2D eigenvalue weighted by atomic mass is 9.87. The molecule has 0 nitrogen and oxygen atoms in total. The van der Waals surface area contributed by atoms with Crippen molar-refractivity contribution in [3.8, 4) is 0 Å². The van der Waals surface area contributed by atoms with Gasteiger partial charge in [0.15, 0.2) is 0 Å². The van der Waals surface area contributed by atoms with Gasteiger partial charge in [-0.15, -0.1) is 0 Å². The minimum atomic E-state index is -1.98. The van der Waals surface area contributed by atoms with Gasteiger partial charge in [0.1, 0.15) is 8.07 Å². The van der Waals surface area contributed by atoms with Crippen LogP contribution < -0.4 is 10.4 Å². The SMILES string of the molecule is CCCCc1ccc([Si](C)(C2=C(C(C)(C)C)C=CC2)c2ccccc2)cc1. The van der Waals surface area contributed by atoms with Crippen LogP contribution in [0.2, 0.25) is 6.55 Å². The van der Waals surface area contributed by atoms with Gasteiger partial charge in [-0.05, 0) is 46.2 Å². The van der Waals surface area contributed by atoms with E-state index < -0.39 is 8.07 Å². The molecular weight excluding hydrogens is 340 g/mol. The predicted octanol–water partition coefficient (Wildman–Crippen LogP) is 6.06. The zero-order valence-electron chi connectivity index (χ0n) is 17.7. The van der Waals surface area contributed by atoms with Crippen molar-refractivity contribution >= 4 is 18.4 Å². The lowest BCUT2D eigenvalue weighted by Crippen LogP contribution is -2.58. The van der Waals surface area contributed by atoms with Gasteiger partial charge in [-0.2, -0.15) is 0 Å². The van der Waals surface area contributed by atoms with E-state index in [0.29, 0.717) is 0 Å². The first-order valence-electron chi connectivity index (χ1n) is 10.4. The van der Waals surface area contributed by atoms with Gasteiger partial charge in [0.05, 0.1) is 0 Å². The largest absolute Gasteiger partial charge is 0.141 e. The molecule has 3 rings (SSSR count). The van der Waals surface area contributed by atoms with Crippen LogP contribution in [0.4, 0.5) is 0 Å². The van der Waals surface area contributed by atoms with Crippen LogP contribution in [0.1, 0.15) is 52.5 Å². The molecule has 0 radical (unpaired) electrons. The zero-order valence-corrected chi connectivity index (χ0v) is 18.7. The molecule has 0 spiro atoms.